The summed E-state index contributed by atoms with van der Waals surface area (Å²) in [6, 6.07) is 5.38. The van der Waals surface area contributed by atoms with E-state index >= 15 is 0 Å². The van der Waals surface area contributed by atoms with Crippen LogP contribution in [0.25, 0.3) is 0 Å². The number of rotatable bonds is 5. The third-order valence-electron chi connectivity index (χ3n) is 5.55. The topological polar surface area (TPSA) is 15.3 Å². The first-order valence-electron chi connectivity index (χ1n) is 8.27. The molecule has 1 aromatic carbocycles. The first-order valence-corrected chi connectivity index (χ1v) is 8.27. The van der Waals surface area contributed by atoms with Gasteiger partial charge in [-0.2, -0.15) is 0 Å². The summed E-state index contributed by atoms with van der Waals surface area (Å²) in [6.07, 6.45) is 5.01. The highest BCUT2D eigenvalue weighted by Gasteiger charge is 2.32. The van der Waals surface area contributed by atoms with Gasteiger partial charge in [0, 0.05) is 24.8 Å². The van der Waals surface area contributed by atoms with E-state index in [0.29, 0.717) is 5.41 Å². The van der Waals surface area contributed by atoms with Crippen LogP contribution in [0.5, 0.6) is 0 Å². The molecule has 1 unspecified atom stereocenters. The maximum absolute atomic E-state index is 13.6. The minimum Gasteiger partial charge on any atom is -0.371 e. The highest BCUT2D eigenvalue weighted by atomic mass is 19.1. The number of nitrogens with zero attached hydrogens (tertiary/aromatic N) is 1. The average Bonchev–Trinajstić information content (AvgIpc) is 2.54. The molecule has 0 spiro atoms. The molecule has 1 aliphatic rings. The zero-order chi connectivity index (χ0) is 15.5. The second-order valence-electron chi connectivity index (χ2n) is 6.41. The van der Waals surface area contributed by atoms with Crippen LogP contribution >= 0.6 is 0 Å². The first kappa shape index (κ1) is 16.3. The summed E-state index contributed by atoms with van der Waals surface area (Å²) in [6.45, 7) is 8.87. The lowest BCUT2D eigenvalue weighted by molar-refractivity contribution is 0.199. The van der Waals surface area contributed by atoms with Crippen LogP contribution in [0.1, 0.15) is 58.1 Å². The number of piperidine rings is 1. The van der Waals surface area contributed by atoms with Crippen LogP contribution in [-0.2, 0) is 0 Å². The van der Waals surface area contributed by atoms with Gasteiger partial charge in [0.1, 0.15) is 5.82 Å². The Bertz CT molecular complexity index is 458. The van der Waals surface area contributed by atoms with E-state index in [2.05, 4.69) is 31.0 Å². The highest BCUT2D eigenvalue weighted by Crippen LogP contribution is 2.40. The number of anilines is 1. The molecular weight excluding hydrogens is 263 g/mol. The summed E-state index contributed by atoms with van der Waals surface area (Å²) in [5, 5.41) is 3.23. The van der Waals surface area contributed by atoms with Crippen molar-refractivity contribution in [2.45, 2.75) is 52.5 Å². The number of nitrogens with one attached hydrogen (secondary N) is 1. The maximum Gasteiger partial charge on any atom is 0.123 e. The molecule has 3 heteroatoms. The van der Waals surface area contributed by atoms with Crippen LogP contribution in [0.3, 0.4) is 0 Å². The fourth-order valence-electron chi connectivity index (χ4n) is 3.49. The van der Waals surface area contributed by atoms with Crippen LogP contribution < -0.4 is 10.2 Å². The predicted molar refractivity (Wildman–Crippen MR) is 88.3 cm³/mol. The van der Waals surface area contributed by atoms with Gasteiger partial charge in [-0.05, 0) is 56.0 Å². The maximum atomic E-state index is 13.6. The molecule has 118 valence electrons. The van der Waals surface area contributed by atoms with E-state index < -0.39 is 0 Å². The SMILES string of the molecule is CCC1(CC)CCN(c2ccc(F)cc2C(C)NC)CC1. The Labute approximate surface area is 128 Å². The largest absolute Gasteiger partial charge is 0.371 e. The van der Waals surface area contributed by atoms with E-state index in [-0.39, 0.29) is 11.9 Å². The first-order chi connectivity index (χ1) is 10.0. The summed E-state index contributed by atoms with van der Waals surface area (Å²) in [5.41, 5.74) is 2.78. The minimum atomic E-state index is -0.149. The lowest BCUT2D eigenvalue weighted by Gasteiger charge is -2.42. The zero-order valence-electron chi connectivity index (χ0n) is 13.9. The van der Waals surface area contributed by atoms with Gasteiger partial charge < -0.3 is 10.2 Å². The molecule has 1 aliphatic heterocycles. The van der Waals surface area contributed by atoms with Crippen LogP contribution in [0, 0.1) is 11.2 Å². The normalized spacial score (nSPS) is 19.6. The molecule has 2 rings (SSSR count). The molecule has 0 saturated carbocycles. The van der Waals surface area contributed by atoms with Crippen molar-refractivity contribution < 1.29 is 4.39 Å². The summed E-state index contributed by atoms with van der Waals surface area (Å²) in [5.74, 6) is -0.149. The smallest absolute Gasteiger partial charge is 0.123 e. The molecule has 1 saturated heterocycles. The highest BCUT2D eigenvalue weighted by molar-refractivity contribution is 5.55. The summed E-state index contributed by atoms with van der Waals surface area (Å²) in [4.78, 5) is 2.44. The predicted octanol–water partition coefficient (Wildman–Crippen LogP) is 4.51. The van der Waals surface area contributed by atoms with Crippen molar-refractivity contribution in [1.29, 1.82) is 0 Å². The van der Waals surface area contributed by atoms with Gasteiger partial charge in [-0.15, -0.1) is 0 Å². The lowest BCUT2D eigenvalue weighted by atomic mass is 9.74. The summed E-state index contributed by atoms with van der Waals surface area (Å²) in [7, 11) is 1.93. The van der Waals surface area contributed by atoms with Crippen LogP contribution in [0.4, 0.5) is 10.1 Å². The van der Waals surface area contributed by atoms with Gasteiger partial charge >= 0.3 is 0 Å². The molecule has 0 aliphatic carbocycles. The Morgan fingerprint density at radius 2 is 1.86 bits per heavy atom. The van der Waals surface area contributed by atoms with E-state index in [1.807, 2.05) is 13.1 Å². The molecule has 1 fully saturated rings. The molecular formula is C18H29FN2. The van der Waals surface area contributed by atoms with Crippen LogP contribution in [0.2, 0.25) is 0 Å². The van der Waals surface area contributed by atoms with Crippen molar-refractivity contribution in [1.82, 2.24) is 5.32 Å². The molecule has 2 nitrogen and oxygen atoms in total. The second kappa shape index (κ2) is 6.78. The van der Waals surface area contributed by atoms with E-state index in [0.717, 1.165) is 18.7 Å². The third kappa shape index (κ3) is 3.39. The third-order valence-corrected chi connectivity index (χ3v) is 5.55. The van der Waals surface area contributed by atoms with Gasteiger partial charge in [0.05, 0.1) is 0 Å². The van der Waals surface area contributed by atoms with Crippen molar-refractivity contribution in [3.05, 3.63) is 29.6 Å². The molecule has 1 N–H and O–H groups in total. The Morgan fingerprint density at radius 1 is 1.24 bits per heavy atom. The van der Waals surface area contributed by atoms with E-state index in [1.54, 1.807) is 12.1 Å². The molecule has 1 heterocycles. The van der Waals surface area contributed by atoms with E-state index in [1.165, 1.54) is 31.4 Å². The molecule has 0 bridgehead atoms. The molecule has 21 heavy (non-hydrogen) atoms. The van der Waals surface area contributed by atoms with Crippen molar-refractivity contribution in [3.8, 4) is 0 Å². The Balaban J connectivity index is 2.20. The summed E-state index contributed by atoms with van der Waals surface area (Å²) >= 11 is 0. The standard InChI is InChI=1S/C18H29FN2/c1-5-18(6-2)9-11-21(12-10-18)17-8-7-15(19)13-16(17)14(3)20-4/h7-8,13-14,20H,5-6,9-12H2,1-4H3. The van der Waals surface area contributed by atoms with Crippen molar-refractivity contribution in [3.63, 3.8) is 0 Å². The van der Waals surface area contributed by atoms with Crippen molar-refractivity contribution in [2.24, 2.45) is 5.41 Å². The number of hydrogen-bond acceptors (Lipinski definition) is 2. The minimum absolute atomic E-state index is 0.149. The van der Waals surface area contributed by atoms with Gasteiger partial charge in [0.25, 0.3) is 0 Å². The van der Waals surface area contributed by atoms with Crippen LogP contribution in [-0.4, -0.2) is 20.1 Å². The van der Waals surface area contributed by atoms with Gasteiger partial charge in [-0.1, -0.05) is 26.7 Å². The van der Waals surface area contributed by atoms with E-state index in [4.69, 9.17) is 0 Å². The average molecular weight is 292 g/mol. The van der Waals surface area contributed by atoms with E-state index in [9.17, 15) is 4.39 Å². The van der Waals surface area contributed by atoms with Gasteiger partial charge in [-0.25, -0.2) is 4.39 Å². The molecule has 1 aromatic rings. The van der Waals surface area contributed by atoms with Gasteiger partial charge in [0.15, 0.2) is 0 Å². The molecule has 1 atom stereocenters. The monoisotopic (exact) mass is 292 g/mol. The van der Waals surface area contributed by atoms with Crippen molar-refractivity contribution in [2.75, 3.05) is 25.0 Å². The Kier molecular flexibility index (Phi) is 5.26. The Hall–Kier alpha value is -1.09. The number of hydrogen-bond donors (Lipinski definition) is 1. The quantitative estimate of drug-likeness (QED) is 0.859. The van der Waals surface area contributed by atoms with Crippen molar-refractivity contribution >= 4 is 5.69 Å². The molecule has 0 amide bonds. The zero-order valence-corrected chi connectivity index (χ0v) is 13.9. The van der Waals surface area contributed by atoms with Crippen LogP contribution in [0.15, 0.2) is 18.2 Å². The number of benzene rings is 1. The van der Waals surface area contributed by atoms with Gasteiger partial charge in [-0.3, -0.25) is 0 Å². The summed E-state index contributed by atoms with van der Waals surface area (Å²) < 4.78 is 13.6. The fourth-order valence-corrected chi connectivity index (χ4v) is 3.49. The molecule has 0 radical (unpaired) electrons. The Morgan fingerprint density at radius 3 is 2.38 bits per heavy atom. The lowest BCUT2D eigenvalue weighted by Crippen LogP contribution is -2.40. The number of halogens is 1. The second-order valence-corrected chi connectivity index (χ2v) is 6.41. The van der Waals surface area contributed by atoms with Gasteiger partial charge in [0.2, 0.25) is 0 Å². The molecule has 0 aromatic heterocycles. The fraction of sp³-hybridized carbons (Fsp3) is 0.667.